The quantitative estimate of drug-likeness (QED) is 0.0811. The number of hydrogen-bond donors (Lipinski definition) is 3. The Kier molecular flexibility index (Phi) is 15.8. The van der Waals surface area contributed by atoms with Crippen molar-refractivity contribution in [1.82, 2.24) is 30.3 Å². The van der Waals surface area contributed by atoms with Crippen molar-refractivity contribution < 1.29 is 38.1 Å². The first-order chi connectivity index (χ1) is 33.6. The highest BCUT2D eigenvalue weighted by molar-refractivity contribution is 7.22. The molecular weight excluding hydrogens is 928 g/mol. The van der Waals surface area contributed by atoms with Gasteiger partial charge in [-0.05, 0) is 110 Å². The number of ether oxygens (including phenoxy) is 2. The summed E-state index contributed by atoms with van der Waals surface area (Å²) in [5.41, 5.74) is 5.04. The molecule has 0 saturated carbocycles. The largest absolute Gasteiger partial charge is 0.508 e. The summed E-state index contributed by atoms with van der Waals surface area (Å²) in [5, 5.41) is 16.9. The minimum Gasteiger partial charge on any atom is -0.508 e. The van der Waals surface area contributed by atoms with Crippen molar-refractivity contribution in [1.29, 1.82) is 0 Å². The van der Waals surface area contributed by atoms with Crippen LogP contribution in [0.15, 0.2) is 96.5 Å². The Labute approximate surface area is 416 Å². The second-order valence-electron chi connectivity index (χ2n) is 19.2. The molecule has 0 bridgehead atoms. The van der Waals surface area contributed by atoms with Crippen LogP contribution in [0.5, 0.6) is 23.0 Å². The zero-order valence-electron chi connectivity index (χ0n) is 40.3. The van der Waals surface area contributed by atoms with Crippen molar-refractivity contribution in [2.75, 3.05) is 39.3 Å². The SMILES string of the molecule is Cc1ncsc1-c1ccc(CNC(=O)[C@@H]2CCCN2C(=O)C(NC(=O)CCCC(=O)N2CCN(CCOc3ccc(Oc4c(-c5ccc(F)cc5)sc5cc(O)ccc45)cc3)[C@H](C)C2)C(C)(C)C)cc1. The maximum absolute atomic E-state index is 14.1. The summed E-state index contributed by atoms with van der Waals surface area (Å²) in [4.78, 5) is 66.3. The van der Waals surface area contributed by atoms with Crippen LogP contribution in [0.1, 0.15) is 71.1 Å². The molecule has 13 nitrogen and oxygen atoms in total. The third-order valence-corrected chi connectivity index (χ3v) is 15.2. The lowest BCUT2D eigenvalue weighted by Crippen LogP contribution is -2.57. The molecule has 4 amide bonds. The number of nitrogens with zero attached hydrogens (tertiary/aromatic N) is 4. The van der Waals surface area contributed by atoms with Gasteiger partial charge in [-0.2, -0.15) is 0 Å². The van der Waals surface area contributed by atoms with Crippen LogP contribution in [0.3, 0.4) is 0 Å². The Morgan fingerprint density at radius 2 is 1.61 bits per heavy atom. The molecule has 6 aromatic rings. The van der Waals surface area contributed by atoms with Gasteiger partial charge in [0.05, 0.1) is 21.0 Å². The zero-order valence-corrected chi connectivity index (χ0v) is 42.0. The number of thiazole rings is 1. The molecule has 4 aromatic carbocycles. The van der Waals surface area contributed by atoms with E-state index in [1.807, 2.05) is 92.7 Å². The van der Waals surface area contributed by atoms with E-state index < -0.39 is 17.5 Å². The third-order valence-electron chi connectivity index (χ3n) is 13.0. The third kappa shape index (κ3) is 12.1. The molecule has 0 aliphatic carbocycles. The van der Waals surface area contributed by atoms with Crippen molar-refractivity contribution >= 4 is 56.4 Å². The second-order valence-corrected chi connectivity index (χ2v) is 21.1. The molecule has 2 aromatic heterocycles. The number of piperazine rings is 1. The Morgan fingerprint density at radius 3 is 2.31 bits per heavy atom. The highest BCUT2D eigenvalue weighted by Gasteiger charge is 2.42. The van der Waals surface area contributed by atoms with Crippen LogP contribution in [0.4, 0.5) is 4.39 Å². The van der Waals surface area contributed by atoms with Crippen LogP contribution >= 0.6 is 22.7 Å². The smallest absolute Gasteiger partial charge is 0.246 e. The van der Waals surface area contributed by atoms with Gasteiger partial charge in [0.2, 0.25) is 23.6 Å². The zero-order chi connectivity index (χ0) is 49.5. The number of phenolic OH excluding ortho intramolecular Hbond substituents is 1. The number of rotatable bonds is 17. The average molecular weight is 989 g/mol. The average Bonchev–Trinajstić information content (AvgIpc) is 4.10. The molecule has 2 saturated heterocycles. The number of carbonyl (C=O) groups is 4. The number of aromatic hydroxyl groups is 1. The Morgan fingerprint density at radius 1 is 0.900 bits per heavy atom. The van der Waals surface area contributed by atoms with Gasteiger partial charge in [-0.25, -0.2) is 9.37 Å². The van der Waals surface area contributed by atoms with Crippen LogP contribution in [0.25, 0.3) is 31.0 Å². The molecule has 3 N–H and O–H groups in total. The monoisotopic (exact) mass is 988 g/mol. The van der Waals surface area contributed by atoms with Crippen LogP contribution < -0.4 is 20.1 Å². The molecule has 2 aliphatic rings. The normalized spacial score (nSPS) is 16.8. The molecule has 0 spiro atoms. The van der Waals surface area contributed by atoms with Crippen molar-refractivity contribution in [2.45, 2.75) is 91.4 Å². The fourth-order valence-corrected chi connectivity index (χ4v) is 11.1. The molecule has 0 radical (unpaired) electrons. The topological polar surface area (TPSA) is 154 Å². The highest BCUT2D eigenvalue weighted by Crippen LogP contribution is 2.47. The van der Waals surface area contributed by atoms with Crippen molar-refractivity contribution in [3.05, 3.63) is 114 Å². The first kappa shape index (κ1) is 50.0. The summed E-state index contributed by atoms with van der Waals surface area (Å²) >= 11 is 3.06. The summed E-state index contributed by atoms with van der Waals surface area (Å²) in [5.74, 6) is 0.970. The number of fused-ring (bicyclic) bond motifs is 1. The van der Waals surface area contributed by atoms with E-state index >= 15 is 0 Å². The van der Waals surface area contributed by atoms with Gasteiger partial charge in [0, 0.05) is 68.2 Å². The molecule has 1 unspecified atom stereocenters. The van der Waals surface area contributed by atoms with Gasteiger partial charge in [0.1, 0.15) is 41.8 Å². The summed E-state index contributed by atoms with van der Waals surface area (Å²) in [6, 6.07) is 25.5. The second kappa shape index (κ2) is 22.2. The van der Waals surface area contributed by atoms with E-state index in [0.29, 0.717) is 82.4 Å². The Balaban J connectivity index is 0.753. The van der Waals surface area contributed by atoms with Gasteiger partial charge >= 0.3 is 0 Å². The van der Waals surface area contributed by atoms with Gasteiger partial charge in [-0.1, -0.05) is 57.2 Å². The lowest BCUT2D eigenvalue weighted by Gasteiger charge is -2.39. The maximum atomic E-state index is 14.1. The Hall–Kier alpha value is -6.36. The molecule has 2 fully saturated rings. The minimum absolute atomic E-state index is 0.00328. The predicted octanol–water partition coefficient (Wildman–Crippen LogP) is 9.56. The molecule has 4 heterocycles. The van der Waals surface area contributed by atoms with E-state index in [9.17, 15) is 28.7 Å². The van der Waals surface area contributed by atoms with Gasteiger partial charge in [-0.3, -0.25) is 24.1 Å². The van der Waals surface area contributed by atoms with Gasteiger partial charge in [0.25, 0.3) is 0 Å². The fourth-order valence-electron chi connectivity index (χ4n) is 9.08. The van der Waals surface area contributed by atoms with Crippen molar-refractivity contribution in [3.8, 4) is 43.9 Å². The number of aromatic nitrogens is 1. The van der Waals surface area contributed by atoms with E-state index in [0.717, 1.165) is 42.2 Å². The van der Waals surface area contributed by atoms with Gasteiger partial charge in [0.15, 0.2) is 5.75 Å². The summed E-state index contributed by atoms with van der Waals surface area (Å²) in [7, 11) is 0. The highest BCUT2D eigenvalue weighted by atomic mass is 32.1. The van der Waals surface area contributed by atoms with Gasteiger partial charge in [-0.15, -0.1) is 22.7 Å². The number of aryl methyl sites for hydroxylation is 1. The lowest BCUT2D eigenvalue weighted by atomic mass is 9.85. The first-order valence-corrected chi connectivity index (χ1v) is 25.6. The van der Waals surface area contributed by atoms with Crippen LogP contribution in [-0.4, -0.2) is 106 Å². The number of amides is 4. The van der Waals surface area contributed by atoms with Crippen molar-refractivity contribution in [2.24, 2.45) is 5.41 Å². The maximum Gasteiger partial charge on any atom is 0.246 e. The molecule has 368 valence electrons. The lowest BCUT2D eigenvalue weighted by molar-refractivity contribution is -0.144. The van der Waals surface area contributed by atoms with E-state index in [-0.39, 0.29) is 54.1 Å². The van der Waals surface area contributed by atoms with Crippen LogP contribution in [0, 0.1) is 18.2 Å². The minimum atomic E-state index is -0.836. The molecule has 16 heteroatoms. The fraction of sp³-hybridized carbons (Fsp3) is 0.389. The number of phenols is 1. The number of nitrogens with one attached hydrogen (secondary N) is 2. The van der Waals surface area contributed by atoms with E-state index in [1.54, 1.807) is 40.5 Å². The predicted molar refractivity (Wildman–Crippen MR) is 273 cm³/mol. The Bertz CT molecular complexity index is 2790. The molecule has 3 atom stereocenters. The number of halogens is 1. The first-order valence-electron chi connectivity index (χ1n) is 23.9. The molecule has 8 rings (SSSR count). The number of hydrogen-bond acceptors (Lipinski definition) is 11. The van der Waals surface area contributed by atoms with Crippen LogP contribution in [0.2, 0.25) is 0 Å². The van der Waals surface area contributed by atoms with Gasteiger partial charge < -0.3 is 35.0 Å². The van der Waals surface area contributed by atoms with E-state index in [4.69, 9.17) is 9.47 Å². The standard InChI is InChI=1S/C54H61FN6O7S2/c1-34-32-60(27-26-59(34)28-29-67-41-20-22-42(23-21-41)68-48-43-24-19-40(62)30-45(43)70-50(48)38-15-17-39(55)18-16-38)47(64)10-6-9-46(63)58-51(54(3,4)5)53(66)61-25-7-8-44(61)52(65)56-31-36-11-13-37(14-12-36)49-35(2)57-33-69-49/h11-24,30,33-34,44,51,62H,6-10,25-29,31-32H2,1-5H3,(H,56,65)(H,58,63)/t34-,44+,51?/m1/s1. The number of benzene rings is 4. The molecular formula is C54H61FN6O7S2. The number of carbonyl (C=O) groups excluding carboxylic acids is 4. The summed E-state index contributed by atoms with van der Waals surface area (Å²) in [6.45, 7) is 13.5. The van der Waals surface area contributed by atoms with E-state index in [2.05, 4.69) is 27.4 Å². The summed E-state index contributed by atoms with van der Waals surface area (Å²) in [6.07, 6.45) is 1.92. The summed E-state index contributed by atoms with van der Waals surface area (Å²) < 4.78 is 27.1. The van der Waals surface area contributed by atoms with Crippen molar-refractivity contribution in [3.63, 3.8) is 0 Å². The number of thiophene rings is 1. The molecule has 2 aliphatic heterocycles. The van der Waals surface area contributed by atoms with Crippen LogP contribution in [-0.2, 0) is 25.7 Å². The number of likely N-dealkylation sites (tertiary alicyclic amines) is 1. The van der Waals surface area contributed by atoms with E-state index in [1.165, 1.54) is 23.5 Å². The molecule has 70 heavy (non-hydrogen) atoms.